The maximum atomic E-state index is 6.44. The number of hydrogen-bond acceptors (Lipinski definition) is 3. The number of thiazole rings is 1. The Morgan fingerprint density at radius 3 is 2.10 bits per heavy atom. The van der Waals surface area contributed by atoms with E-state index in [1.54, 1.807) is 11.3 Å². The van der Waals surface area contributed by atoms with E-state index in [0.29, 0.717) is 0 Å². The van der Waals surface area contributed by atoms with Gasteiger partial charge in [0.05, 0.1) is 11.2 Å². The first-order valence-electron chi connectivity index (χ1n) is 7.66. The lowest BCUT2D eigenvalue weighted by Gasteiger charge is -2.23. The molecule has 0 aliphatic rings. The van der Waals surface area contributed by atoms with Crippen molar-refractivity contribution in [2.75, 3.05) is 0 Å². The molecule has 0 bridgehead atoms. The minimum Gasteiger partial charge on any atom is -0.319 e. The lowest BCUT2D eigenvalue weighted by molar-refractivity contribution is 0.411. The van der Waals surface area contributed by atoms with Gasteiger partial charge in [0.15, 0.2) is 0 Å². The summed E-state index contributed by atoms with van der Waals surface area (Å²) in [6.45, 7) is 10.9. The van der Waals surface area contributed by atoms with Gasteiger partial charge in [-0.25, -0.2) is 4.98 Å². The van der Waals surface area contributed by atoms with E-state index in [-0.39, 0.29) is 11.0 Å². The molecule has 1 aromatic carbocycles. The second-order valence-corrected chi connectivity index (χ2v) is 7.59. The van der Waals surface area contributed by atoms with Crippen LogP contribution in [-0.4, -0.2) is 4.98 Å². The minimum absolute atomic E-state index is 0.183. The van der Waals surface area contributed by atoms with Crippen molar-refractivity contribution in [3.8, 4) is 11.3 Å². The van der Waals surface area contributed by atoms with Crippen molar-refractivity contribution < 1.29 is 0 Å². The number of nitrogens with two attached hydrogens (primary N) is 1. The molecule has 0 saturated carbocycles. The molecule has 0 saturated heterocycles. The van der Waals surface area contributed by atoms with Gasteiger partial charge in [-0.15, -0.1) is 11.3 Å². The summed E-state index contributed by atoms with van der Waals surface area (Å²) in [4.78, 5) is 4.78. The molecule has 0 unspecified atom stereocenters. The van der Waals surface area contributed by atoms with E-state index >= 15 is 0 Å². The molecule has 1 heterocycles. The first kappa shape index (κ1) is 16.2. The zero-order valence-corrected chi connectivity index (χ0v) is 14.6. The Hall–Kier alpha value is -1.19. The molecule has 0 spiro atoms. The van der Waals surface area contributed by atoms with Crippen LogP contribution in [0.4, 0.5) is 0 Å². The van der Waals surface area contributed by atoms with E-state index in [9.17, 15) is 0 Å². The molecule has 0 fully saturated rings. The number of rotatable bonds is 4. The maximum absolute atomic E-state index is 6.44. The molecule has 3 heteroatoms. The van der Waals surface area contributed by atoms with Crippen molar-refractivity contribution in [3.05, 3.63) is 40.2 Å². The minimum atomic E-state index is -0.283. The molecular weight excluding hydrogens is 276 g/mol. The fourth-order valence-corrected chi connectivity index (χ4v) is 3.41. The lowest BCUT2D eigenvalue weighted by Crippen LogP contribution is -2.34. The first-order valence-corrected chi connectivity index (χ1v) is 8.54. The van der Waals surface area contributed by atoms with E-state index in [0.717, 1.165) is 23.5 Å². The van der Waals surface area contributed by atoms with Gasteiger partial charge in [-0.2, -0.15) is 0 Å². The van der Waals surface area contributed by atoms with Crippen LogP contribution in [0.1, 0.15) is 58.0 Å². The molecule has 0 amide bonds. The van der Waals surface area contributed by atoms with Gasteiger partial charge in [0.1, 0.15) is 5.01 Å². The fourth-order valence-electron chi connectivity index (χ4n) is 2.33. The smallest absolute Gasteiger partial charge is 0.113 e. The van der Waals surface area contributed by atoms with Crippen LogP contribution in [0.5, 0.6) is 0 Å². The SMILES string of the molecule is CCC(N)(CC)c1nc(-c2ccc(C(C)(C)C)cc2)cs1. The van der Waals surface area contributed by atoms with Gasteiger partial charge in [-0.3, -0.25) is 0 Å². The third-order valence-corrected chi connectivity index (χ3v) is 5.30. The van der Waals surface area contributed by atoms with Crippen molar-refractivity contribution in [2.45, 2.75) is 58.4 Å². The van der Waals surface area contributed by atoms with Gasteiger partial charge in [0, 0.05) is 10.9 Å². The summed E-state index contributed by atoms with van der Waals surface area (Å²) in [5.74, 6) is 0. The Labute approximate surface area is 132 Å². The predicted octanol–water partition coefficient (Wildman–Crippen LogP) is 5.08. The van der Waals surface area contributed by atoms with Gasteiger partial charge >= 0.3 is 0 Å². The molecule has 0 aliphatic heterocycles. The molecule has 0 aliphatic carbocycles. The molecule has 114 valence electrons. The lowest BCUT2D eigenvalue weighted by atomic mass is 9.86. The summed E-state index contributed by atoms with van der Waals surface area (Å²) in [5.41, 5.74) is 9.88. The average Bonchev–Trinajstić information content (AvgIpc) is 2.96. The molecule has 1 aromatic heterocycles. The number of hydrogen-bond donors (Lipinski definition) is 1. The van der Waals surface area contributed by atoms with Crippen LogP contribution in [0.2, 0.25) is 0 Å². The van der Waals surface area contributed by atoms with Crippen molar-refractivity contribution in [3.63, 3.8) is 0 Å². The van der Waals surface area contributed by atoms with E-state index in [4.69, 9.17) is 10.7 Å². The van der Waals surface area contributed by atoms with Gasteiger partial charge in [-0.1, -0.05) is 58.9 Å². The molecule has 21 heavy (non-hydrogen) atoms. The number of aromatic nitrogens is 1. The monoisotopic (exact) mass is 302 g/mol. The average molecular weight is 302 g/mol. The second kappa shape index (κ2) is 5.90. The molecule has 2 rings (SSSR count). The Bertz CT molecular complexity index is 586. The third-order valence-electron chi connectivity index (χ3n) is 4.24. The summed E-state index contributed by atoms with van der Waals surface area (Å²) in [5, 5.41) is 3.16. The van der Waals surface area contributed by atoms with Gasteiger partial charge in [-0.05, 0) is 23.8 Å². The van der Waals surface area contributed by atoms with Crippen LogP contribution in [0, 0.1) is 0 Å². The quantitative estimate of drug-likeness (QED) is 0.855. The van der Waals surface area contributed by atoms with Crippen LogP contribution in [0.3, 0.4) is 0 Å². The molecule has 2 nitrogen and oxygen atoms in total. The zero-order chi connectivity index (χ0) is 15.7. The van der Waals surface area contributed by atoms with E-state index in [1.165, 1.54) is 11.1 Å². The Morgan fingerprint density at radius 1 is 1.05 bits per heavy atom. The molecule has 2 aromatic rings. The van der Waals surface area contributed by atoms with Crippen LogP contribution in [0.15, 0.2) is 29.6 Å². The summed E-state index contributed by atoms with van der Waals surface area (Å²) in [6, 6.07) is 8.72. The standard InChI is InChI=1S/C18H26N2S/c1-6-18(19,7-2)16-20-15(12-21-16)13-8-10-14(11-9-13)17(3,4)5/h8-12H,6-7,19H2,1-5H3. The van der Waals surface area contributed by atoms with Crippen LogP contribution >= 0.6 is 11.3 Å². The number of nitrogens with zero attached hydrogens (tertiary/aromatic N) is 1. The van der Waals surface area contributed by atoms with E-state index < -0.39 is 0 Å². The van der Waals surface area contributed by atoms with Gasteiger partial charge in [0.2, 0.25) is 0 Å². The molecule has 2 N–H and O–H groups in total. The molecule has 0 atom stereocenters. The van der Waals surface area contributed by atoms with Crippen molar-refractivity contribution in [1.29, 1.82) is 0 Å². The van der Waals surface area contributed by atoms with Crippen LogP contribution in [0.25, 0.3) is 11.3 Å². The highest BCUT2D eigenvalue weighted by Gasteiger charge is 2.26. The third kappa shape index (κ3) is 3.35. The fraction of sp³-hybridized carbons (Fsp3) is 0.500. The maximum Gasteiger partial charge on any atom is 0.113 e. The second-order valence-electron chi connectivity index (χ2n) is 6.73. The van der Waals surface area contributed by atoms with Crippen molar-refractivity contribution >= 4 is 11.3 Å². The Kier molecular flexibility index (Phi) is 4.54. The van der Waals surface area contributed by atoms with Crippen molar-refractivity contribution in [2.24, 2.45) is 5.73 Å². The largest absolute Gasteiger partial charge is 0.319 e. The highest BCUT2D eigenvalue weighted by atomic mass is 32.1. The predicted molar refractivity (Wildman–Crippen MR) is 92.7 cm³/mol. The first-order chi connectivity index (χ1) is 9.80. The Morgan fingerprint density at radius 2 is 1.62 bits per heavy atom. The highest BCUT2D eigenvalue weighted by Crippen LogP contribution is 2.32. The zero-order valence-electron chi connectivity index (χ0n) is 13.7. The normalized spacial score (nSPS) is 12.7. The van der Waals surface area contributed by atoms with Crippen molar-refractivity contribution in [1.82, 2.24) is 4.98 Å². The van der Waals surface area contributed by atoms with Crippen LogP contribution < -0.4 is 5.73 Å². The highest BCUT2D eigenvalue weighted by molar-refractivity contribution is 7.10. The van der Waals surface area contributed by atoms with Gasteiger partial charge in [0.25, 0.3) is 0 Å². The summed E-state index contributed by atoms with van der Waals surface area (Å²) < 4.78 is 0. The summed E-state index contributed by atoms with van der Waals surface area (Å²) in [7, 11) is 0. The van der Waals surface area contributed by atoms with Gasteiger partial charge < -0.3 is 5.73 Å². The number of benzene rings is 1. The Balaban J connectivity index is 2.30. The summed E-state index contributed by atoms with van der Waals surface area (Å²) >= 11 is 1.67. The van der Waals surface area contributed by atoms with E-state index in [1.807, 2.05) is 0 Å². The molecular formula is C18H26N2S. The topological polar surface area (TPSA) is 38.9 Å². The van der Waals surface area contributed by atoms with E-state index in [2.05, 4.69) is 64.3 Å². The van der Waals surface area contributed by atoms with Crippen LogP contribution in [-0.2, 0) is 11.0 Å². The summed E-state index contributed by atoms with van der Waals surface area (Å²) in [6.07, 6.45) is 1.83. The molecule has 0 radical (unpaired) electrons.